The third kappa shape index (κ3) is 3.30. The number of hydrogen-bond acceptors (Lipinski definition) is 2. The van der Waals surface area contributed by atoms with Gasteiger partial charge >= 0.3 is 0 Å². The molecule has 0 spiro atoms. The Labute approximate surface area is 104 Å². The van der Waals surface area contributed by atoms with Gasteiger partial charge in [-0.2, -0.15) is 0 Å². The Balaban J connectivity index is 1.91. The van der Waals surface area contributed by atoms with Crippen LogP contribution >= 0.6 is 0 Å². The van der Waals surface area contributed by atoms with Gasteiger partial charge in [0.1, 0.15) is 0 Å². The molecule has 0 aromatic heterocycles. The summed E-state index contributed by atoms with van der Waals surface area (Å²) in [6, 6.07) is 8.57. The van der Waals surface area contributed by atoms with Gasteiger partial charge in [0.2, 0.25) is 0 Å². The van der Waals surface area contributed by atoms with E-state index in [1.165, 1.54) is 11.1 Å². The van der Waals surface area contributed by atoms with E-state index in [-0.39, 0.29) is 11.1 Å². The van der Waals surface area contributed by atoms with Gasteiger partial charge in [-0.25, -0.2) is 0 Å². The smallest absolute Gasteiger partial charge is 0.0598 e. The fourth-order valence-electron chi connectivity index (χ4n) is 2.46. The van der Waals surface area contributed by atoms with Crippen molar-refractivity contribution >= 4 is 0 Å². The Morgan fingerprint density at radius 3 is 2.18 bits per heavy atom. The van der Waals surface area contributed by atoms with Crippen LogP contribution in [-0.4, -0.2) is 17.7 Å². The zero-order chi connectivity index (χ0) is 12.5. The first-order chi connectivity index (χ1) is 7.88. The van der Waals surface area contributed by atoms with E-state index in [0.717, 1.165) is 25.9 Å². The van der Waals surface area contributed by atoms with Gasteiger partial charge in [0.05, 0.1) is 5.60 Å². The summed E-state index contributed by atoms with van der Waals surface area (Å²) in [5.41, 5.74) is 9.11. The summed E-state index contributed by atoms with van der Waals surface area (Å²) >= 11 is 0. The van der Waals surface area contributed by atoms with Crippen molar-refractivity contribution in [3.05, 3.63) is 35.4 Å². The molecule has 0 amide bonds. The molecule has 2 N–H and O–H groups in total. The van der Waals surface area contributed by atoms with Gasteiger partial charge in [-0.15, -0.1) is 0 Å². The highest BCUT2D eigenvalue weighted by Crippen LogP contribution is 2.30. The lowest BCUT2D eigenvalue weighted by molar-refractivity contribution is -0.0107. The SMILES string of the molecule is CC(C)(C)OCCC1(N)Cc2ccccc2C1. The van der Waals surface area contributed by atoms with E-state index in [2.05, 4.69) is 45.0 Å². The van der Waals surface area contributed by atoms with Crippen molar-refractivity contribution in [2.45, 2.75) is 51.2 Å². The molecule has 0 unspecified atom stereocenters. The third-order valence-electron chi connectivity index (χ3n) is 3.34. The van der Waals surface area contributed by atoms with Crippen molar-refractivity contribution < 1.29 is 4.74 Å². The minimum atomic E-state index is -0.102. The molecule has 2 rings (SSSR count). The molecule has 1 aromatic rings. The molecule has 94 valence electrons. The second-order valence-corrected chi connectivity index (χ2v) is 6.20. The van der Waals surface area contributed by atoms with E-state index >= 15 is 0 Å². The van der Waals surface area contributed by atoms with Crippen molar-refractivity contribution in [1.82, 2.24) is 0 Å². The second-order valence-electron chi connectivity index (χ2n) is 6.20. The highest BCUT2D eigenvalue weighted by Gasteiger charge is 2.33. The number of hydrogen-bond donors (Lipinski definition) is 1. The second kappa shape index (κ2) is 4.43. The molecule has 0 aliphatic heterocycles. The van der Waals surface area contributed by atoms with Gasteiger partial charge in [0, 0.05) is 12.1 Å². The highest BCUT2D eigenvalue weighted by atomic mass is 16.5. The summed E-state index contributed by atoms with van der Waals surface area (Å²) in [4.78, 5) is 0. The predicted octanol–water partition coefficient (Wildman–Crippen LogP) is 2.69. The van der Waals surface area contributed by atoms with Gasteiger partial charge in [0.15, 0.2) is 0 Å². The van der Waals surface area contributed by atoms with Crippen molar-refractivity contribution in [2.75, 3.05) is 6.61 Å². The van der Waals surface area contributed by atoms with Gasteiger partial charge in [-0.05, 0) is 51.2 Å². The lowest BCUT2D eigenvalue weighted by atomic mass is 9.93. The Hall–Kier alpha value is -0.860. The number of ether oxygens (including phenoxy) is 1. The summed E-state index contributed by atoms with van der Waals surface area (Å²) in [7, 11) is 0. The topological polar surface area (TPSA) is 35.2 Å². The molecule has 0 radical (unpaired) electrons. The quantitative estimate of drug-likeness (QED) is 0.871. The van der Waals surface area contributed by atoms with Crippen LogP contribution in [0.5, 0.6) is 0 Å². The van der Waals surface area contributed by atoms with E-state index in [0.29, 0.717) is 0 Å². The lowest BCUT2D eigenvalue weighted by Crippen LogP contribution is -2.42. The lowest BCUT2D eigenvalue weighted by Gasteiger charge is -2.26. The molecular weight excluding hydrogens is 210 g/mol. The minimum absolute atomic E-state index is 0.0676. The minimum Gasteiger partial charge on any atom is -0.376 e. The Kier molecular flexibility index (Phi) is 3.28. The maximum absolute atomic E-state index is 6.46. The molecule has 0 heterocycles. The van der Waals surface area contributed by atoms with Gasteiger partial charge < -0.3 is 10.5 Å². The first-order valence-corrected chi connectivity index (χ1v) is 6.38. The van der Waals surface area contributed by atoms with Crippen LogP contribution < -0.4 is 5.73 Å². The Bertz CT molecular complexity index is 367. The summed E-state index contributed by atoms with van der Waals surface area (Å²) in [5, 5.41) is 0. The largest absolute Gasteiger partial charge is 0.376 e. The van der Waals surface area contributed by atoms with E-state index in [1.54, 1.807) is 0 Å². The molecular formula is C15H23NO. The zero-order valence-corrected chi connectivity index (χ0v) is 11.1. The standard InChI is InChI=1S/C15H23NO/c1-14(2,3)17-9-8-15(16)10-12-6-4-5-7-13(12)11-15/h4-7H,8-11,16H2,1-3H3. The third-order valence-corrected chi connectivity index (χ3v) is 3.34. The predicted molar refractivity (Wildman–Crippen MR) is 71.1 cm³/mol. The van der Waals surface area contributed by atoms with Crippen LogP contribution in [0, 0.1) is 0 Å². The zero-order valence-electron chi connectivity index (χ0n) is 11.1. The van der Waals surface area contributed by atoms with Crippen LogP contribution in [0.2, 0.25) is 0 Å². The average molecular weight is 233 g/mol. The first kappa shape index (κ1) is 12.6. The van der Waals surface area contributed by atoms with Gasteiger partial charge in [-0.3, -0.25) is 0 Å². The molecule has 0 fully saturated rings. The number of fused-ring (bicyclic) bond motifs is 1. The molecule has 17 heavy (non-hydrogen) atoms. The molecule has 1 aliphatic rings. The van der Waals surface area contributed by atoms with Crippen LogP contribution in [0.15, 0.2) is 24.3 Å². The number of benzene rings is 1. The van der Waals surface area contributed by atoms with Gasteiger partial charge in [0.25, 0.3) is 0 Å². The number of nitrogens with two attached hydrogens (primary N) is 1. The van der Waals surface area contributed by atoms with E-state index < -0.39 is 0 Å². The summed E-state index contributed by atoms with van der Waals surface area (Å²) in [6.45, 7) is 6.99. The Morgan fingerprint density at radius 1 is 1.18 bits per heavy atom. The number of rotatable bonds is 3. The first-order valence-electron chi connectivity index (χ1n) is 6.38. The Morgan fingerprint density at radius 2 is 1.71 bits per heavy atom. The van der Waals surface area contributed by atoms with Crippen LogP contribution in [0.4, 0.5) is 0 Å². The summed E-state index contributed by atoms with van der Waals surface area (Å²) in [6.07, 6.45) is 2.90. The molecule has 2 heteroatoms. The average Bonchev–Trinajstić information content (AvgIpc) is 2.51. The maximum atomic E-state index is 6.46. The highest BCUT2D eigenvalue weighted by molar-refractivity contribution is 5.35. The van der Waals surface area contributed by atoms with E-state index in [9.17, 15) is 0 Å². The summed E-state index contributed by atoms with van der Waals surface area (Å²) in [5.74, 6) is 0. The monoisotopic (exact) mass is 233 g/mol. The van der Waals surface area contributed by atoms with Crippen LogP contribution in [0.1, 0.15) is 38.3 Å². The molecule has 0 bridgehead atoms. The maximum Gasteiger partial charge on any atom is 0.0598 e. The molecule has 0 saturated heterocycles. The van der Waals surface area contributed by atoms with Crippen molar-refractivity contribution in [1.29, 1.82) is 0 Å². The van der Waals surface area contributed by atoms with Crippen LogP contribution in [0.25, 0.3) is 0 Å². The van der Waals surface area contributed by atoms with Crippen molar-refractivity contribution in [3.8, 4) is 0 Å². The molecule has 0 atom stereocenters. The fourth-order valence-corrected chi connectivity index (χ4v) is 2.46. The van der Waals surface area contributed by atoms with E-state index in [1.807, 2.05) is 0 Å². The molecule has 1 aromatic carbocycles. The van der Waals surface area contributed by atoms with Crippen LogP contribution in [0.3, 0.4) is 0 Å². The molecule has 0 saturated carbocycles. The molecule has 2 nitrogen and oxygen atoms in total. The normalized spacial score (nSPS) is 18.1. The van der Waals surface area contributed by atoms with Crippen molar-refractivity contribution in [2.24, 2.45) is 5.73 Å². The fraction of sp³-hybridized carbons (Fsp3) is 0.600. The van der Waals surface area contributed by atoms with Gasteiger partial charge in [-0.1, -0.05) is 24.3 Å². The van der Waals surface area contributed by atoms with Crippen molar-refractivity contribution in [3.63, 3.8) is 0 Å². The van der Waals surface area contributed by atoms with E-state index in [4.69, 9.17) is 10.5 Å². The van der Waals surface area contributed by atoms with Crippen LogP contribution in [-0.2, 0) is 17.6 Å². The summed E-state index contributed by atoms with van der Waals surface area (Å²) < 4.78 is 5.78. The molecule has 1 aliphatic carbocycles.